The molecular formula is C25H22O. The van der Waals surface area contributed by atoms with E-state index in [9.17, 15) is 0 Å². The summed E-state index contributed by atoms with van der Waals surface area (Å²) in [6, 6.07) is 22.0. The van der Waals surface area contributed by atoms with E-state index >= 15 is 0 Å². The first kappa shape index (κ1) is 15.5. The van der Waals surface area contributed by atoms with Crippen molar-refractivity contribution in [2.45, 2.75) is 25.7 Å². The molecule has 128 valence electrons. The number of fused-ring (bicyclic) bond motifs is 5. The number of hydrogen-bond acceptors (Lipinski definition) is 1. The fourth-order valence-corrected chi connectivity index (χ4v) is 4.57. The summed E-state index contributed by atoms with van der Waals surface area (Å²) in [6.07, 6.45) is 6.97. The molecule has 3 aromatic carbocycles. The Hall–Kier alpha value is -2.80. The molecule has 0 atom stereocenters. The lowest BCUT2D eigenvalue weighted by Gasteiger charge is -2.29. The van der Waals surface area contributed by atoms with Gasteiger partial charge < -0.3 is 4.74 Å². The lowest BCUT2D eigenvalue weighted by Crippen LogP contribution is -2.10. The second kappa shape index (κ2) is 6.17. The highest BCUT2D eigenvalue weighted by atomic mass is 16.5. The standard InChI is InChI=1S/C25H22O/c1-26-19-12-9-18(10-13-19)21-7-4-8-22-23(21)15-16-24-20-6-3-2-5-17(20)11-14-25(22)24/h2-3,5-6,8-14H,4,7,15-16H2,1H3. The largest absolute Gasteiger partial charge is 0.497 e. The van der Waals surface area contributed by atoms with Crippen LogP contribution in [0, 0.1) is 0 Å². The molecule has 0 N–H and O–H groups in total. The van der Waals surface area contributed by atoms with Gasteiger partial charge in [0.25, 0.3) is 0 Å². The van der Waals surface area contributed by atoms with Gasteiger partial charge in [0.15, 0.2) is 0 Å². The van der Waals surface area contributed by atoms with Crippen molar-refractivity contribution in [3.63, 3.8) is 0 Å². The van der Waals surface area contributed by atoms with E-state index < -0.39 is 0 Å². The normalized spacial score (nSPS) is 16.1. The molecule has 26 heavy (non-hydrogen) atoms. The Balaban J connectivity index is 1.65. The molecule has 0 saturated heterocycles. The number of methoxy groups -OCH3 is 1. The fraction of sp³-hybridized carbons (Fsp3) is 0.200. The summed E-state index contributed by atoms with van der Waals surface area (Å²) in [7, 11) is 1.72. The minimum atomic E-state index is 0.923. The molecule has 0 saturated carbocycles. The number of hydrogen-bond donors (Lipinski definition) is 0. The Morgan fingerprint density at radius 1 is 0.769 bits per heavy atom. The zero-order valence-electron chi connectivity index (χ0n) is 15.1. The third-order valence-electron chi connectivity index (χ3n) is 5.83. The van der Waals surface area contributed by atoms with E-state index in [4.69, 9.17) is 4.74 Å². The molecule has 0 radical (unpaired) electrons. The van der Waals surface area contributed by atoms with E-state index in [0.717, 1.165) is 31.4 Å². The molecule has 5 rings (SSSR count). The zero-order valence-corrected chi connectivity index (χ0v) is 15.1. The van der Waals surface area contributed by atoms with Crippen molar-refractivity contribution in [1.82, 2.24) is 0 Å². The van der Waals surface area contributed by atoms with Gasteiger partial charge in [0.05, 0.1) is 7.11 Å². The zero-order chi connectivity index (χ0) is 17.5. The van der Waals surface area contributed by atoms with Crippen molar-refractivity contribution in [1.29, 1.82) is 0 Å². The van der Waals surface area contributed by atoms with E-state index in [-0.39, 0.29) is 0 Å². The van der Waals surface area contributed by atoms with Gasteiger partial charge in [-0.05, 0) is 82.0 Å². The first-order valence-corrected chi connectivity index (χ1v) is 9.43. The van der Waals surface area contributed by atoms with Crippen LogP contribution in [0.2, 0.25) is 0 Å². The molecular weight excluding hydrogens is 316 g/mol. The third-order valence-corrected chi connectivity index (χ3v) is 5.83. The highest BCUT2D eigenvalue weighted by Crippen LogP contribution is 2.45. The average molecular weight is 338 g/mol. The minimum absolute atomic E-state index is 0.923. The first-order chi connectivity index (χ1) is 12.8. The predicted octanol–water partition coefficient (Wildman–Crippen LogP) is 6.43. The molecule has 0 spiro atoms. The van der Waals surface area contributed by atoms with Gasteiger partial charge in [-0.25, -0.2) is 0 Å². The van der Waals surface area contributed by atoms with Gasteiger partial charge in [-0.2, -0.15) is 0 Å². The summed E-state index contributed by atoms with van der Waals surface area (Å²) in [4.78, 5) is 0. The number of rotatable bonds is 2. The lowest BCUT2D eigenvalue weighted by molar-refractivity contribution is 0.415. The molecule has 2 aliphatic rings. The summed E-state index contributed by atoms with van der Waals surface area (Å²) in [5.74, 6) is 0.923. The van der Waals surface area contributed by atoms with Crippen LogP contribution in [0.25, 0.3) is 21.9 Å². The maximum atomic E-state index is 5.32. The highest BCUT2D eigenvalue weighted by molar-refractivity contribution is 5.98. The van der Waals surface area contributed by atoms with Gasteiger partial charge in [0.1, 0.15) is 5.75 Å². The van der Waals surface area contributed by atoms with Crippen LogP contribution < -0.4 is 4.74 Å². The molecule has 0 amide bonds. The Morgan fingerprint density at radius 3 is 2.46 bits per heavy atom. The van der Waals surface area contributed by atoms with Crippen LogP contribution in [0.3, 0.4) is 0 Å². The smallest absolute Gasteiger partial charge is 0.118 e. The Kier molecular flexibility index (Phi) is 3.67. The average Bonchev–Trinajstić information content (AvgIpc) is 2.73. The van der Waals surface area contributed by atoms with Crippen molar-refractivity contribution < 1.29 is 4.74 Å². The summed E-state index contributed by atoms with van der Waals surface area (Å²) in [5, 5.41) is 2.77. The predicted molar refractivity (Wildman–Crippen MR) is 109 cm³/mol. The van der Waals surface area contributed by atoms with E-state index in [2.05, 4.69) is 66.7 Å². The number of aryl methyl sites for hydroxylation is 1. The summed E-state index contributed by atoms with van der Waals surface area (Å²) in [6.45, 7) is 0. The number of allylic oxidation sites excluding steroid dienone is 4. The van der Waals surface area contributed by atoms with Gasteiger partial charge in [-0.3, -0.25) is 0 Å². The van der Waals surface area contributed by atoms with Crippen molar-refractivity contribution in [2.75, 3.05) is 7.11 Å². The number of ether oxygens (including phenoxy) is 1. The molecule has 0 unspecified atom stereocenters. The highest BCUT2D eigenvalue weighted by Gasteiger charge is 2.25. The Bertz CT molecular complexity index is 1050. The number of benzene rings is 3. The minimum Gasteiger partial charge on any atom is -0.497 e. The Labute approximate surface area is 154 Å². The van der Waals surface area contributed by atoms with Crippen LogP contribution >= 0.6 is 0 Å². The van der Waals surface area contributed by atoms with Crippen LogP contribution in [0.5, 0.6) is 5.75 Å². The lowest BCUT2D eigenvalue weighted by atomic mass is 9.75. The van der Waals surface area contributed by atoms with Crippen LogP contribution in [0.4, 0.5) is 0 Å². The topological polar surface area (TPSA) is 9.23 Å². The molecule has 0 heterocycles. The molecule has 3 aromatic rings. The molecule has 0 aliphatic heterocycles. The molecule has 0 aromatic heterocycles. The van der Waals surface area contributed by atoms with Gasteiger partial charge >= 0.3 is 0 Å². The molecule has 0 bridgehead atoms. The van der Waals surface area contributed by atoms with Crippen LogP contribution in [0.1, 0.15) is 36.0 Å². The quantitative estimate of drug-likeness (QED) is 0.523. The second-order valence-electron chi connectivity index (χ2n) is 7.15. The van der Waals surface area contributed by atoms with Gasteiger partial charge in [0, 0.05) is 0 Å². The SMILES string of the molecule is COc1ccc(C2=C3CCc4c(ccc5ccccc45)C3=CCC2)cc1. The molecule has 1 heteroatoms. The van der Waals surface area contributed by atoms with Gasteiger partial charge in [-0.15, -0.1) is 0 Å². The van der Waals surface area contributed by atoms with Crippen molar-refractivity contribution in [3.05, 3.63) is 89.0 Å². The van der Waals surface area contributed by atoms with E-state index in [1.165, 1.54) is 38.6 Å². The maximum Gasteiger partial charge on any atom is 0.118 e. The van der Waals surface area contributed by atoms with E-state index in [1.807, 2.05) is 0 Å². The monoisotopic (exact) mass is 338 g/mol. The third kappa shape index (κ3) is 2.39. The fourth-order valence-electron chi connectivity index (χ4n) is 4.57. The second-order valence-corrected chi connectivity index (χ2v) is 7.15. The molecule has 0 fully saturated rings. The van der Waals surface area contributed by atoms with Crippen molar-refractivity contribution in [3.8, 4) is 5.75 Å². The van der Waals surface area contributed by atoms with E-state index in [0.29, 0.717) is 0 Å². The Morgan fingerprint density at radius 2 is 1.62 bits per heavy atom. The molecule has 2 aliphatic carbocycles. The summed E-state index contributed by atoms with van der Waals surface area (Å²) in [5.41, 5.74) is 8.84. The van der Waals surface area contributed by atoms with Crippen LogP contribution in [-0.4, -0.2) is 7.11 Å². The van der Waals surface area contributed by atoms with Gasteiger partial charge in [-0.1, -0.05) is 54.6 Å². The first-order valence-electron chi connectivity index (χ1n) is 9.43. The van der Waals surface area contributed by atoms with Crippen molar-refractivity contribution >= 4 is 21.9 Å². The maximum absolute atomic E-state index is 5.32. The summed E-state index contributed by atoms with van der Waals surface area (Å²) >= 11 is 0. The summed E-state index contributed by atoms with van der Waals surface area (Å²) < 4.78 is 5.32. The van der Waals surface area contributed by atoms with Crippen LogP contribution in [0.15, 0.2) is 72.3 Å². The molecule has 1 nitrogen and oxygen atoms in total. The van der Waals surface area contributed by atoms with Crippen LogP contribution in [-0.2, 0) is 6.42 Å². The van der Waals surface area contributed by atoms with E-state index in [1.54, 1.807) is 12.7 Å². The van der Waals surface area contributed by atoms with Crippen molar-refractivity contribution in [2.24, 2.45) is 0 Å². The van der Waals surface area contributed by atoms with Gasteiger partial charge in [0.2, 0.25) is 0 Å².